The number of ether oxygens (including phenoxy) is 2. The number of amides is 2. The van der Waals surface area contributed by atoms with Gasteiger partial charge in [0.2, 0.25) is 0 Å². The maximum absolute atomic E-state index is 12.4. The highest BCUT2D eigenvalue weighted by atomic mass is 16.5. The van der Waals surface area contributed by atoms with Crippen molar-refractivity contribution in [2.45, 2.75) is 39.0 Å². The van der Waals surface area contributed by atoms with Crippen LogP contribution in [0.3, 0.4) is 0 Å². The van der Waals surface area contributed by atoms with E-state index in [4.69, 9.17) is 9.47 Å². The number of carbonyl (C=O) groups is 2. The third kappa shape index (κ3) is 8.28. The minimum Gasteiger partial charge on any atom is -0.494 e. The van der Waals surface area contributed by atoms with Crippen molar-refractivity contribution in [3.05, 3.63) is 95.6 Å². The van der Waals surface area contributed by atoms with Crippen LogP contribution in [0, 0.1) is 0 Å². The number of benzene rings is 3. The minimum atomic E-state index is -0.406. The van der Waals surface area contributed by atoms with Gasteiger partial charge in [0.1, 0.15) is 11.5 Å². The number of unbranched alkanes of at least 4 members (excludes halogenated alkanes) is 3. The highest BCUT2D eigenvalue weighted by Gasteiger charge is 2.10. The average molecular weight is 461 g/mol. The third-order valence-electron chi connectivity index (χ3n) is 5.29. The summed E-state index contributed by atoms with van der Waals surface area (Å²) in [6.45, 7) is 3.39. The number of hydrogen-bond donors (Lipinski definition) is 2. The van der Waals surface area contributed by atoms with E-state index >= 15 is 0 Å². The lowest BCUT2D eigenvalue weighted by atomic mass is 10.2. The van der Waals surface area contributed by atoms with E-state index in [1.807, 2.05) is 18.2 Å². The topological polar surface area (TPSA) is 76.7 Å². The monoisotopic (exact) mass is 460 g/mol. The zero-order valence-corrected chi connectivity index (χ0v) is 19.6. The number of rotatable bonds is 12. The number of carbonyl (C=O) groups excluding carboxylic acids is 2. The maximum atomic E-state index is 12.4. The van der Waals surface area contributed by atoms with Gasteiger partial charge < -0.3 is 9.47 Å². The molecular weight excluding hydrogens is 428 g/mol. The summed E-state index contributed by atoms with van der Waals surface area (Å²) >= 11 is 0. The molecule has 0 atom stereocenters. The molecule has 2 amide bonds. The van der Waals surface area contributed by atoms with E-state index in [1.165, 1.54) is 18.4 Å². The van der Waals surface area contributed by atoms with Gasteiger partial charge in [-0.15, -0.1) is 0 Å². The number of nitrogens with one attached hydrogen (secondary N) is 2. The second kappa shape index (κ2) is 13.7. The van der Waals surface area contributed by atoms with Gasteiger partial charge in [-0.25, -0.2) is 0 Å². The van der Waals surface area contributed by atoms with Crippen molar-refractivity contribution < 1.29 is 19.1 Å². The second-order valence-electron chi connectivity index (χ2n) is 7.95. The number of hydrazine groups is 1. The van der Waals surface area contributed by atoms with Crippen LogP contribution in [-0.4, -0.2) is 25.0 Å². The summed E-state index contributed by atoms with van der Waals surface area (Å²) in [6.07, 6.45) is 5.38. The summed E-state index contributed by atoms with van der Waals surface area (Å²) in [5.41, 5.74) is 6.94. The van der Waals surface area contributed by atoms with Crippen molar-refractivity contribution >= 4 is 11.8 Å². The largest absolute Gasteiger partial charge is 0.494 e. The van der Waals surface area contributed by atoms with E-state index < -0.39 is 11.8 Å². The van der Waals surface area contributed by atoms with Crippen LogP contribution in [0.2, 0.25) is 0 Å². The molecule has 0 aliphatic rings. The van der Waals surface area contributed by atoms with Crippen molar-refractivity contribution in [3.63, 3.8) is 0 Å². The predicted molar refractivity (Wildman–Crippen MR) is 133 cm³/mol. The summed E-state index contributed by atoms with van der Waals surface area (Å²) in [4.78, 5) is 24.7. The van der Waals surface area contributed by atoms with E-state index in [-0.39, 0.29) is 0 Å². The molecule has 0 fully saturated rings. The van der Waals surface area contributed by atoms with Crippen LogP contribution >= 0.6 is 0 Å². The zero-order chi connectivity index (χ0) is 24.0. The minimum absolute atomic E-state index is 0.399. The molecule has 0 aliphatic carbocycles. The van der Waals surface area contributed by atoms with Crippen LogP contribution < -0.4 is 20.3 Å². The summed E-state index contributed by atoms with van der Waals surface area (Å²) in [5.74, 6) is 0.604. The van der Waals surface area contributed by atoms with Crippen LogP contribution in [-0.2, 0) is 6.42 Å². The van der Waals surface area contributed by atoms with Crippen LogP contribution in [0.25, 0.3) is 0 Å². The van der Waals surface area contributed by atoms with Crippen LogP contribution in [0.15, 0.2) is 78.9 Å². The van der Waals surface area contributed by atoms with Gasteiger partial charge in [-0.05, 0) is 60.5 Å². The smallest absolute Gasteiger partial charge is 0.269 e. The highest BCUT2D eigenvalue weighted by molar-refractivity contribution is 5.99. The van der Waals surface area contributed by atoms with E-state index in [0.717, 1.165) is 25.0 Å². The van der Waals surface area contributed by atoms with Gasteiger partial charge in [0.25, 0.3) is 11.8 Å². The van der Waals surface area contributed by atoms with Crippen molar-refractivity contribution in [1.29, 1.82) is 0 Å². The van der Waals surface area contributed by atoms with Gasteiger partial charge in [-0.2, -0.15) is 0 Å². The molecule has 0 aliphatic heterocycles. The molecule has 3 aromatic carbocycles. The predicted octanol–water partition coefficient (Wildman–Crippen LogP) is 5.34. The molecule has 0 radical (unpaired) electrons. The van der Waals surface area contributed by atoms with E-state index in [0.29, 0.717) is 30.1 Å². The first-order valence-electron chi connectivity index (χ1n) is 11.8. The fourth-order valence-corrected chi connectivity index (χ4v) is 3.31. The van der Waals surface area contributed by atoms with Crippen LogP contribution in [0.4, 0.5) is 0 Å². The molecule has 2 N–H and O–H groups in total. The van der Waals surface area contributed by atoms with Gasteiger partial charge in [0.15, 0.2) is 0 Å². The quantitative estimate of drug-likeness (QED) is 0.282. The third-order valence-corrected chi connectivity index (χ3v) is 5.29. The van der Waals surface area contributed by atoms with Crippen molar-refractivity contribution in [3.8, 4) is 11.5 Å². The summed E-state index contributed by atoms with van der Waals surface area (Å²) in [5, 5.41) is 0. The fraction of sp³-hybridized carbons (Fsp3) is 0.286. The molecule has 6 nitrogen and oxygen atoms in total. The Kier molecular flexibility index (Phi) is 9.99. The standard InChI is InChI=1S/C28H32N2O4/c1-2-3-4-8-20-33-25-15-11-23(12-16-25)27(31)29-30-28(32)24-13-17-26(18-14-24)34-21-19-22-9-6-5-7-10-22/h5-7,9-18H,2-4,8,19-21H2,1H3,(H,29,31)(H,30,32). The normalized spacial score (nSPS) is 10.4. The van der Waals surface area contributed by atoms with Gasteiger partial charge in [-0.1, -0.05) is 56.5 Å². The Morgan fingerprint density at radius 3 is 1.71 bits per heavy atom. The van der Waals surface area contributed by atoms with Gasteiger partial charge in [0.05, 0.1) is 13.2 Å². The molecule has 0 bridgehead atoms. The molecule has 0 aromatic heterocycles. The maximum Gasteiger partial charge on any atom is 0.269 e. The van der Waals surface area contributed by atoms with Gasteiger partial charge >= 0.3 is 0 Å². The Bertz CT molecular complexity index is 1020. The van der Waals surface area contributed by atoms with Crippen molar-refractivity contribution in [2.24, 2.45) is 0 Å². The Hall–Kier alpha value is -3.80. The molecule has 0 saturated heterocycles. The molecule has 178 valence electrons. The lowest BCUT2D eigenvalue weighted by Crippen LogP contribution is -2.41. The lowest BCUT2D eigenvalue weighted by molar-refractivity contribution is 0.0846. The van der Waals surface area contributed by atoms with Crippen molar-refractivity contribution in [1.82, 2.24) is 10.9 Å². The molecule has 3 aromatic rings. The summed E-state index contributed by atoms with van der Waals surface area (Å²) in [7, 11) is 0. The van der Waals surface area contributed by atoms with E-state index in [2.05, 4.69) is 29.9 Å². The highest BCUT2D eigenvalue weighted by Crippen LogP contribution is 2.14. The molecule has 34 heavy (non-hydrogen) atoms. The molecular formula is C28H32N2O4. The Morgan fingerprint density at radius 1 is 0.647 bits per heavy atom. The number of hydrogen-bond acceptors (Lipinski definition) is 4. The first kappa shape index (κ1) is 24.8. The first-order chi connectivity index (χ1) is 16.7. The molecule has 0 unspecified atom stereocenters. The van der Waals surface area contributed by atoms with E-state index in [9.17, 15) is 9.59 Å². The molecule has 0 spiro atoms. The average Bonchev–Trinajstić information content (AvgIpc) is 2.88. The fourth-order valence-electron chi connectivity index (χ4n) is 3.31. The SMILES string of the molecule is CCCCCCOc1ccc(C(=O)NNC(=O)c2ccc(OCCc3ccccc3)cc2)cc1. The summed E-state index contributed by atoms with van der Waals surface area (Å²) < 4.78 is 11.4. The molecule has 0 heterocycles. The van der Waals surface area contributed by atoms with Gasteiger partial charge in [0, 0.05) is 17.5 Å². The van der Waals surface area contributed by atoms with Crippen LogP contribution in [0.1, 0.15) is 58.9 Å². The Morgan fingerprint density at radius 2 is 1.18 bits per heavy atom. The first-order valence-corrected chi connectivity index (χ1v) is 11.8. The van der Waals surface area contributed by atoms with Crippen LogP contribution in [0.5, 0.6) is 11.5 Å². The van der Waals surface area contributed by atoms with Gasteiger partial charge in [-0.3, -0.25) is 20.4 Å². The van der Waals surface area contributed by atoms with Crippen molar-refractivity contribution in [2.75, 3.05) is 13.2 Å². The molecule has 6 heteroatoms. The second-order valence-corrected chi connectivity index (χ2v) is 7.95. The Labute approximate surface area is 201 Å². The molecule has 3 rings (SSSR count). The van der Waals surface area contributed by atoms with E-state index in [1.54, 1.807) is 48.5 Å². The zero-order valence-electron chi connectivity index (χ0n) is 19.6. The Balaban J connectivity index is 1.39. The molecule has 0 saturated carbocycles. The summed E-state index contributed by atoms with van der Waals surface area (Å²) in [6, 6.07) is 23.8. The lowest BCUT2D eigenvalue weighted by Gasteiger charge is -2.10.